The molecular weight excluding hydrogens is 347 g/mol. The number of aryl methyl sites for hydroxylation is 1. The number of hydrazine groups is 1. The molecule has 0 aromatic heterocycles. The highest BCUT2D eigenvalue weighted by Gasteiger charge is 2.16. The normalized spacial score (nSPS) is 12.5. The van der Waals surface area contributed by atoms with E-state index in [-0.39, 0.29) is 6.04 Å². The number of nitrogens with two attached hydrogens (primary N) is 1. The highest BCUT2D eigenvalue weighted by molar-refractivity contribution is 9.10. The number of nitrogens with one attached hydrogen (secondary N) is 1. The third-order valence-electron chi connectivity index (χ3n) is 2.97. The van der Waals surface area contributed by atoms with Crippen LogP contribution in [0.15, 0.2) is 40.9 Å². The van der Waals surface area contributed by atoms with Gasteiger partial charge in [0.2, 0.25) is 0 Å². The Morgan fingerprint density at radius 3 is 2.42 bits per heavy atom. The molecule has 0 spiro atoms. The van der Waals surface area contributed by atoms with Gasteiger partial charge in [0.15, 0.2) is 0 Å². The molecule has 100 valence electrons. The van der Waals surface area contributed by atoms with Crippen molar-refractivity contribution in [3.8, 4) is 0 Å². The minimum Gasteiger partial charge on any atom is -0.271 e. The smallest absolute Gasteiger partial charge is 0.0725 e. The van der Waals surface area contributed by atoms with E-state index in [4.69, 9.17) is 29.0 Å². The third-order valence-corrected chi connectivity index (χ3v) is 4.20. The Morgan fingerprint density at radius 1 is 1.11 bits per heavy atom. The fourth-order valence-electron chi connectivity index (χ4n) is 1.89. The lowest BCUT2D eigenvalue weighted by Crippen LogP contribution is -2.29. The first kappa shape index (κ1) is 14.8. The van der Waals surface area contributed by atoms with Gasteiger partial charge < -0.3 is 0 Å². The predicted octanol–water partition coefficient (Wildman–Crippen LogP) is 4.62. The molecule has 2 aromatic carbocycles. The maximum absolute atomic E-state index is 6.27. The molecule has 2 aromatic rings. The van der Waals surface area contributed by atoms with Crippen LogP contribution in [0.25, 0.3) is 0 Å². The van der Waals surface area contributed by atoms with Gasteiger partial charge in [-0.3, -0.25) is 5.84 Å². The maximum atomic E-state index is 6.27. The van der Waals surface area contributed by atoms with Crippen molar-refractivity contribution in [2.24, 2.45) is 5.84 Å². The van der Waals surface area contributed by atoms with Crippen molar-refractivity contribution < 1.29 is 0 Å². The van der Waals surface area contributed by atoms with E-state index >= 15 is 0 Å². The molecule has 0 heterocycles. The van der Waals surface area contributed by atoms with Crippen molar-refractivity contribution in [3.05, 3.63) is 67.6 Å². The Morgan fingerprint density at radius 2 is 1.84 bits per heavy atom. The third kappa shape index (κ3) is 3.30. The highest BCUT2D eigenvalue weighted by Crippen LogP contribution is 2.31. The summed E-state index contributed by atoms with van der Waals surface area (Å²) in [5.74, 6) is 5.67. The predicted molar refractivity (Wildman–Crippen MR) is 84.5 cm³/mol. The van der Waals surface area contributed by atoms with E-state index in [1.54, 1.807) is 0 Å². The summed E-state index contributed by atoms with van der Waals surface area (Å²) in [6, 6.07) is 11.4. The zero-order chi connectivity index (χ0) is 14.0. The molecule has 2 nitrogen and oxygen atoms in total. The first-order chi connectivity index (χ1) is 9.02. The van der Waals surface area contributed by atoms with Crippen molar-refractivity contribution in [3.63, 3.8) is 0 Å². The van der Waals surface area contributed by atoms with Crippen molar-refractivity contribution in [1.82, 2.24) is 5.43 Å². The van der Waals surface area contributed by atoms with Crippen molar-refractivity contribution in [1.29, 1.82) is 0 Å². The summed E-state index contributed by atoms with van der Waals surface area (Å²) in [6.07, 6.45) is 0. The second kappa shape index (κ2) is 6.25. The Kier molecular flexibility index (Phi) is 4.87. The van der Waals surface area contributed by atoms with E-state index in [0.717, 1.165) is 21.2 Å². The van der Waals surface area contributed by atoms with Gasteiger partial charge in [0.1, 0.15) is 0 Å². The molecule has 0 radical (unpaired) electrons. The second-order valence-electron chi connectivity index (χ2n) is 4.27. The largest absolute Gasteiger partial charge is 0.271 e. The van der Waals surface area contributed by atoms with Crippen LogP contribution in [0.5, 0.6) is 0 Å². The van der Waals surface area contributed by atoms with E-state index in [1.807, 2.05) is 43.3 Å². The van der Waals surface area contributed by atoms with E-state index < -0.39 is 0 Å². The van der Waals surface area contributed by atoms with E-state index in [1.165, 1.54) is 0 Å². The van der Waals surface area contributed by atoms with E-state index in [2.05, 4.69) is 21.4 Å². The van der Waals surface area contributed by atoms with Gasteiger partial charge in [0.05, 0.1) is 6.04 Å². The van der Waals surface area contributed by atoms with Crippen molar-refractivity contribution >= 4 is 39.1 Å². The number of halogens is 3. The van der Waals surface area contributed by atoms with Crippen LogP contribution >= 0.6 is 39.1 Å². The molecule has 0 aliphatic rings. The lowest BCUT2D eigenvalue weighted by atomic mass is 9.98. The Hall–Kier alpha value is -0.580. The molecule has 3 N–H and O–H groups in total. The van der Waals surface area contributed by atoms with Crippen LogP contribution < -0.4 is 11.3 Å². The number of hydrogen-bond donors (Lipinski definition) is 2. The van der Waals surface area contributed by atoms with Gasteiger partial charge in [0, 0.05) is 14.5 Å². The van der Waals surface area contributed by atoms with Crippen LogP contribution in [-0.2, 0) is 0 Å². The molecule has 2 rings (SSSR count). The quantitative estimate of drug-likeness (QED) is 0.620. The molecule has 5 heteroatoms. The van der Waals surface area contributed by atoms with Gasteiger partial charge in [-0.15, -0.1) is 0 Å². The zero-order valence-corrected chi connectivity index (χ0v) is 13.4. The average molecular weight is 360 g/mol. The summed E-state index contributed by atoms with van der Waals surface area (Å²) < 4.78 is 0.930. The molecule has 1 unspecified atom stereocenters. The molecule has 0 amide bonds. The lowest BCUT2D eigenvalue weighted by Gasteiger charge is -2.19. The van der Waals surface area contributed by atoms with Crippen LogP contribution in [0.3, 0.4) is 0 Å². The fourth-order valence-corrected chi connectivity index (χ4v) is 2.86. The Labute approximate surface area is 131 Å². The van der Waals surface area contributed by atoms with Crippen LogP contribution in [0.1, 0.15) is 22.7 Å². The summed E-state index contributed by atoms with van der Waals surface area (Å²) in [7, 11) is 0. The molecule has 0 aliphatic heterocycles. The van der Waals surface area contributed by atoms with Gasteiger partial charge in [0.25, 0.3) is 0 Å². The molecule has 1 atom stereocenters. The molecule has 0 fully saturated rings. The maximum Gasteiger partial charge on any atom is 0.0725 e. The minimum absolute atomic E-state index is 0.196. The molecule has 19 heavy (non-hydrogen) atoms. The molecular formula is C14H13BrCl2N2. The topological polar surface area (TPSA) is 38.0 Å². The average Bonchev–Trinajstić information content (AvgIpc) is 2.37. The fraction of sp³-hybridized carbons (Fsp3) is 0.143. The van der Waals surface area contributed by atoms with Gasteiger partial charge in [-0.2, -0.15) is 0 Å². The minimum atomic E-state index is -0.196. The zero-order valence-electron chi connectivity index (χ0n) is 10.3. The summed E-state index contributed by atoms with van der Waals surface area (Å²) in [6.45, 7) is 1.96. The van der Waals surface area contributed by atoms with Crippen molar-refractivity contribution in [2.75, 3.05) is 0 Å². The van der Waals surface area contributed by atoms with Gasteiger partial charge in [-0.05, 0) is 41.8 Å². The first-order valence-electron chi connectivity index (χ1n) is 5.70. The van der Waals surface area contributed by atoms with Crippen LogP contribution in [-0.4, -0.2) is 0 Å². The van der Waals surface area contributed by atoms with E-state index in [9.17, 15) is 0 Å². The Balaban J connectivity index is 2.46. The Bertz CT molecular complexity index is 602. The summed E-state index contributed by atoms with van der Waals surface area (Å²) >= 11 is 15.8. The molecule has 0 bridgehead atoms. The van der Waals surface area contributed by atoms with E-state index in [0.29, 0.717) is 10.0 Å². The van der Waals surface area contributed by atoms with Crippen LogP contribution in [0.2, 0.25) is 10.0 Å². The summed E-state index contributed by atoms with van der Waals surface area (Å²) in [5.41, 5.74) is 5.70. The van der Waals surface area contributed by atoms with Crippen LogP contribution in [0, 0.1) is 6.92 Å². The SMILES string of the molecule is Cc1ccc(C(NN)c2ccc(Br)cc2Cl)cc1Cl. The van der Waals surface area contributed by atoms with Crippen LogP contribution in [0.4, 0.5) is 0 Å². The lowest BCUT2D eigenvalue weighted by molar-refractivity contribution is 0.637. The number of rotatable bonds is 3. The van der Waals surface area contributed by atoms with Gasteiger partial charge >= 0.3 is 0 Å². The van der Waals surface area contributed by atoms with Crippen molar-refractivity contribution in [2.45, 2.75) is 13.0 Å². The molecule has 0 saturated carbocycles. The first-order valence-corrected chi connectivity index (χ1v) is 7.25. The standard InChI is InChI=1S/C14H13BrCl2N2/c1-8-2-3-9(6-12(8)16)14(19-18)11-5-4-10(15)7-13(11)17/h2-7,14,19H,18H2,1H3. The van der Waals surface area contributed by atoms with Gasteiger partial charge in [-0.1, -0.05) is 57.3 Å². The number of hydrogen-bond acceptors (Lipinski definition) is 2. The molecule has 0 saturated heterocycles. The monoisotopic (exact) mass is 358 g/mol. The van der Waals surface area contributed by atoms with Gasteiger partial charge in [-0.25, -0.2) is 5.43 Å². The second-order valence-corrected chi connectivity index (χ2v) is 6.00. The summed E-state index contributed by atoms with van der Waals surface area (Å²) in [5, 5.41) is 1.36. The summed E-state index contributed by atoms with van der Waals surface area (Å²) in [4.78, 5) is 0. The number of benzene rings is 2. The highest BCUT2D eigenvalue weighted by atomic mass is 79.9. The molecule has 0 aliphatic carbocycles.